The molecule has 1 amide bonds. The van der Waals surface area contributed by atoms with E-state index in [1.807, 2.05) is 6.07 Å². The Hall–Kier alpha value is -1.42. The minimum atomic E-state index is -0.114. The predicted octanol–water partition coefficient (Wildman–Crippen LogP) is 1.71. The summed E-state index contributed by atoms with van der Waals surface area (Å²) in [6, 6.07) is 3.54. The zero-order valence-electron chi connectivity index (χ0n) is 10.6. The third kappa shape index (κ3) is 4.95. The maximum absolute atomic E-state index is 11.7. The van der Waals surface area contributed by atoms with Crippen molar-refractivity contribution in [3.63, 3.8) is 0 Å². The van der Waals surface area contributed by atoms with E-state index in [2.05, 4.69) is 24.1 Å². The lowest BCUT2D eigenvalue weighted by Crippen LogP contribution is -2.25. The van der Waals surface area contributed by atoms with Crippen LogP contribution >= 0.6 is 0 Å². The zero-order chi connectivity index (χ0) is 12.7. The van der Waals surface area contributed by atoms with Gasteiger partial charge in [0, 0.05) is 19.3 Å². The standard InChI is InChI=1S/C13H21N3O/c1-10(2)4-3-7-15-13(17)12-6-5-11(8-14)9-16-12/h5-6,9-10H,3-4,7-8,14H2,1-2H3,(H,15,17). The lowest BCUT2D eigenvalue weighted by Gasteiger charge is -2.06. The second-order valence-electron chi connectivity index (χ2n) is 4.55. The average Bonchev–Trinajstić information content (AvgIpc) is 2.34. The molecular weight excluding hydrogens is 214 g/mol. The van der Waals surface area contributed by atoms with Crippen LogP contribution in [0.3, 0.4) is 0 Å². The molecule has 1 heterocycles. The Balaban J connectivity index is 2.36. The SMILES string of the molecule is CC(C)CCCNC(=O)c1ccc(CN)cn1. The van der Waals surface area contributed by atoms with Crippen molar-refractivity contribution in [1.82, 2.24) is 10.3 Å². The molecule has 0 unspecified atom stereocenters. The molecule has 3 N–H and O–H groups in total. The first-order chi connectivity index (χ1) is 8.13. The summed E-state index contributed by atoms with van der Waals surface area (Å²) in [4.78, 5) is 15.8. The highest BCUT2D eigenvalue weighted by molar-refractivity contribution is 5.92. The number of hydrogen-bond acceptors (Lipinski definition) is 3. The Morgan fingerprint density at radius 2 is 2.24 bits per heavy atom. The average molecular weight is 235 g/mol. The Morgan fingerprint density at radius 1 is 1.47 bits per heavy atom. The quantitative estimate of drug-likeness (QED) is 0.737. The topological polar surface area (TPSA) is 68.0 Å². The van der Waals surface area contributed by atoms with Crippen LogP contribution in [0.4, 0.5) is 0 Å². The van der Waals surface area contributed by atoms with Crippen molar-refractivity contribution in [2.45, 2.75) is 33.2 Å². The number of nitrogens with one attached hydrogen (secondary N) is 1. The summed E-state index contributed by atoms with van der Waals surface area (Å²) < 4.78 is 0. The van der Waals surface area contributed by atoms with Gasteiger partial charge in [-0.3, -0.25) is 9.78 Å². The number of amides is 1. The van der Waals surface area contributed by atoms with E-state index >= 15 is 0 Å². The van der Waals surface area contributed by atoms with Crippen LogP contribution in [0.15, 0.2) is 18.3 Å². The molecule has 4 heteroatoms. The number of nitrogens with two attached hydrogens (primary N) is 1. The van der Waals surface area contributed by atoms with Gasteiger partial charge in [-0.1, -0.05) is 19.9 Å². The minimum Gasteiger partial charge on any atom is -0.351 e. The van der Waals surface area contributed by atoms with Crippen molar-refractivity contribution in [1.29, 1.82) is 0 Å². The van der Waals surface area contributed by atoms with Gasteiger partial charge in [-0.05, 0) is 30.4 Å². The van der Waals surface area contributed by atoms with Crippen LogP contribution < -0.4 is 11.1 Å². The molecule has 94 valence electrons. The summed E-state index contributed by atoms with van der Waals surface area (Å²) in [5.41, 5.74) is 6.84. The smallest absolute Gasteiger partial charge is 0.269 e. The van der Waals surface area contributed by atoms with Gasteiger partial charge >= 0.3 is 0 Å². The Bertz CT molecular complexity index is 346. The maximum Gasteiger partial charge on any atom is 0.269 e. The van der Waals surface area contributed by atoms with E-state index in [9.17, 15) is 4.79 Å². The first kappa shape index (κ1) is 13.6. The van der Waals surface area contributed by atoms with E-state index in [0.717, 1.165) is 18.4 Å². The highest BCUT2D eigenvalue weighted by atomic mass is 16.1. The summed E-state index contributed by atoms with van der Waals surface area (Å²) in [6.45, 7) is 5.50. The fourth-order valence-corrected chi connectivity index (χ4v) is 1.48. The number of rotatable bonds is 6. The fourth-order valence-electron chi connectivity index (χ4n) is 1.48. The maximum atomic E-state index is 11.7. The largest absolute Gasteiger partial charge is 0.351 e. The summed E-state index contributed by atoms with van der Waals surface area (Å²) in [5.74, 6) is 0.561. The molecule has 0 radical (unpaired) electrons. The van der Waals surface area contributed by atoms with Crippen molar-refractivity contribution in [2.24, 2.45) is 11.7 Å². The Labute approximate surface area is 103 Å². The Morgan fingerprint density at radius 3 is 2.76 bits per heavy atom. The van der Waals surface area contributed by atoms with Gasteiger partial charge in [-0.15, -0.1) is 0 Å². The van der Waals surface area contributed by atoms with Crippen LogP contribution in [0, 0.1) is 5.92 Å². The summed E-state index contributed by atoms with van der Waals surface area (Å²) >= 11 is 0. The molecule has 0 bridgehead atoms. The second-order valence-corrected chi connectivity index (χ2v) is 4.55. The molecule has 0 saturated carbocycles. The van der Waals surface area contributed by atoms with Crippen LogP contribution in [0.25, 0.3) is 0 Å². The molecule has 0 aromatic carbocycles. The number of carbonyl (C=O) groups is 1. The van der Waals surface area contributed by atoms with Crippen LogP contribution in [0.1, 0.15) is 42.7 Å². The van der Waals surface area contributed by atoms with Gasteiger partial charge in [0.2, 0.25) is 0 Å². The van der Waals surface area contributed by atoms with E-state index in [0.29, 0.717) is 24.7 Å². The summed E-state index contributed by atoms with van der Waals surface area (Å²) in [5, 5.41) is 2.86. The van der Waals surface area contributed by atoms with Crippen LogP contribution in [-0.2, 0) is 6.54 Å². The van der Waals surface area contributed by atoms with Crippen molar-refractivity contribution in [2.75, 3.05) is 6.54 Å². The number of hydrogen-bond donors (Lipinski definition) is 2. The van der Waals surface area contributed by atoms with Gasteiger partial charge in [0.25, 0.3) is 5.91 Å². The summed E-state index contributed by atoms with van der Waals surface area (Å²) in [7, 11) is 0. The van der Waals surface area contributed by atoms with Gasteiger partial charge < -0.3 is 11.1 Å². The van der Waals surface area contributed by atoms with E-state index in [4.69, 9.17) is 5.73 Å². The van der Waals surface area contributed by atoms with Crippen molar-refractivity contribution >= 4 is 5.91 Å². The third-order valence-electron chi connectivity index (χ3n) is 2.54. The predicted molar refractivity (Wildman–Crippen MR) is 68.5 cm³/mol. The highest BCUT2D eigenvalue weighted by Gasteiger charge is 2.05. The van der Waals surface area contributed by atoms with Crippen LogP contribution in [0.2, 0.25) is 0 Å². The molecule has 17 heavy (non-hydrogen) atoms. The number of carbonyl (C=O) groups excluding carboxylic acids is 1. The minimum absolute atomic E-state index is 0.114. The molecule has 0 aliphatic heterocycles. The first-order valence-corrected chi connectivity index (χ1v) is 6.06. The number of aromatic nitrogens is 1. The number of nitrogens with zero attached hydrogens (tertiary/aromatic N) is 1. The molecule has 4 nitrogen and oxygen atoms in total. The van der Waals surface area contributed by atoms with Gasteiger partial charge in [-0.25, -0.2) is 0 Å². The molecule has 0 atom stereocenters. The lowest BCUT2D eigenvalue weighted by molar-refractivity contribution is 0.0947. The molecule has 0 aliphatic rings. The van der Waals surface area contributed by atoms with Gasteiger partial charge in [0.05, 0.1) is 0 Å². The van der Waals surface area contributed by atoms with Crippen molar-refractivity contribution in [3.05, 3.63) is 29.6 Å². The van der Waals surface area contributed by atoms with Gasteiger partial charge in [0.1, 0.15) is 5.69 Å². The molecule has 0 saturated heterocycles. The third-order valence-corrected chi connectivity index (χ3v) is 2.54. The Kier molecular flexibility index (Phi) is 5.63. The molecule has 0 aliphatic carbocycles. The monoisotopic (exact) mass is 235 g/mol. The number of pyridine rings is 1. The highest BCUT2D eigenvalue weighted by Crippen LogP contribution is 2.03. The van der Waals surface area contributed by atoms with Crippen LogP contribution in [-0.4, -0.2) is 17.4 Å². The molecule has 1 rings (SSSR count). The molecule has 0 fully saturated rings. The van der Waals surface area contributed by atoms with E-state index in [-0.39, 0.29) is 5.91 Å². The van der Waals surface area contributed by atoms with Crippen LogP contribution in [0.5, 0.6) is 0 Å². The van der Waals surface area contributed by atoms with Crippen molar-refractivity contribution < 1.29 is 4.79 Å². The molecular formula is C13H21N3O. The molecule has 0 spiro atoms. The van der Waals surface area contributed by atoms with Crippen molar-refractivity contribution in [3.8, 4) is 0 Å². The van der Waals surface area contributed by atoms with E-state index in [1.165, 1.54) is 0 Å². The van der Waals surface area contributed by atoms with E-state index < -0.39 is 0 Å². The molecule has 1 aromatic heterocycles. The second kappa shape index (κ2) is 7.01. The zero-order valence-corrected chi connectivity index (χ0v) is 10.6. The van der Waals surface area contributed by atoms with E-state index in [1.54, 1.807) is 12.3 Å². The molecule has 1 aromatic rings. The van der Waals surface area contributed by atoms with Gasteiger partial charge in [-0.2, -0.15) is 0 Å². The van der Waals surface area contributed by atoms with Gasteiger partial charge in [0.15, 0.2) is 0 Å². The fraction of sp³-hybridized carbons (Fsp3) is 0.538. The normalized spacial score (nSPS) is 10.6. The first-order valence-electron chi connectivity index (χ1n) is 6.06. The summed E-state index contributed by atoms with van der Waals surface area (Å²) in [6.07, 6.45) is 3.77. The lowest BCUT2D eigenvalue weighted by atomic mass is 10.1.